The van der Waals surface area contributed by atoms with Crippen LogP contribution in [0, 0.1) is 0 Å². The standard InChI is InChI=1S/C18H20N6O2/c1-23-11-19-22-17(23)16-7-4-8-24(16)18(25)15-10-14(20-21-15)12-5-3-6-13(9-12)26-2/h3,5-6,9-11,16H,4,7-8H2,1-2H3,(H,20,21). The van der Waals surface area contributed by atoms with Gasteiger partial charge in [-0.2, -0.15) is 5.10 Å². The van der Waals surface area contributed by atoms with Crippen LogP contribution in [0.4, 0.5) is 0 Å². The molecule has 3 heterocycles. The Labute approximate surface area is 150 Å². The highest BCUT2D eigenvalue weighted by Gasteiger charge is 2.34. The Balaban J connectivity index is 1.59. The monoisotopic (exact) mass is 352 g/mol. The molecular weight excluding hydrogens is 332 g/mol. The molecule has 1 unspecified atom stereocenters. The molecular formula is C18H20N6O2. The topological polar surface area (TPSA) is 88.9 Å². The Morgan fingerprint density at radius 1 is 1.35 bits per heavy atom. The molecule has 4 rings (SSSR count). The second-order valence-corrected chi connectivity index (χ2v) is 6.36. The first-order chi connectivity index (χ1) is 12.7. The van der Waals surface area contributed by atoms with Gasteiger partial charge in [0.2, 0.25) is 0 Å². The number of amides is 1. The van der Waals surface area contributed by atoms with Crippen molar-refractivity contribution in [3.05, 3.63) is 48.2 Å². The third-order valence-corrected chi connectivity index (χ3v) is 4.73. The minimum atomic E-state index is -0.0721. The lowest BCUT2D eigenvalue weighted by Gasteiger charge is -2.23. The van der Waals surface area contributed by atoms with E-state index in [1.807, 2.05) is 40.8 Å². The number of aromatic nitrogens is 5. The Hall–Kier alpha value is -3.16. The molecule has 1 aliphatic heterocycles. The highest BCUT2D eigenvalue weighted by molar-refractivity contribution is 5.93. The Morgan fingerprint density at radius 2 is 2.23 bits per heavy atom. The van der Waals surface area contributed by atoms with Crippen molar-refractivity contribution < 1.29 is 9.53 Å². The van der Waals surface area contributed by atoms with Crippen LogP contribution in [0.2, 0.25) is 0 Å². The minimum Gasteiger partial charge on any atom is -0.497 e. The average molecular weight is 352 g/mol. The second kappa shape index (κ2) is 6.62. The summed E-state index contributed by atoms with van der Waals surface area (Å²) in [5.41, 5.74) is 2.07. The second-order valence-electron chi connectivity index (χ2n) is 6.36. The van der Waals surface area contributed by atoms with E-state index in [9.17, 15) is 4.79 Å². The Kier molecular flexibility index (Phi) is 4.16. The van der Waals surface area contributed by atoms with Crippen molar-refractivity contribution in [2.24, 2.45) is 7.05 Å². The van der Waals surface area contributed by atoms with Crippen molar-refractivity contribution in [2.45, 2.75) is 18.9 Å². The number of benzene rings is 1. The minimum absolute atomic E-state index is 0.0569. The molecule has 0 saturated carbocycles. The number of hydrogen-bond donors (Lipinski definition) is 1. The first kappa shape index (κ1) is 16.3. The van der Waals surface area contributed by atoms with E-state index in [0.29, 0.717) is 17.9 Å². The number of nitrogens with zero attached hydrogens (tertiary/aromatic N) is 5. The Bertz CT molecular complexity index is 931. The molecule has 0 radical (unpaired) electrons. The number of hydrogen-bond acceptors (Lipinski definition) is 5. The smallest absolute Gasteiger partial charge is 0.272 e. The van der Waals surface area contributed by atoms with Crippen LogP contribution in [0.15, 0.2) is 36.7 Å². The van der Waals surface area contributed by atoms with Crippen molar-refractivity contribution in [3.63, 3.8) is 0 Å². The summed E-state index contributed by atoms with van der Waals surface area (Å²) >= 11 is 0. The zero-order valence-electron chi connectivity index (χ0n) is 14.7. The molecule has 0 spiro atoms. The van der Waals surface area contributed by atoms with E-state index in [1.165, 1.54) is 0 Å². The number of nitrogens with one attached hydrogen (secondary N) is 1. The lowest BCUT2D eigenvalue weighted by atomic mass is 10.1. The van der Waals surface area contributed by atoms with Gasteiger partial charge in [0.05, 0.1) is 18.8 Å². The molecule has 8 nitrogen and oxygen atoms in total. The number of aryl methyl sites for hydroxylation is 1. The molecule has 3 aromatic rings. The molecule has 0 aliphatic carbocycles. The number of rotatable bonds is 4. The highest BCUT2D eigenvalue weighted by atomic mass is 16.5. The van der Waals surface area contributed by atoms with E-state index < -0.39 is 0 Å². The molecule has 134 valence electrons. The number of carbonyl (C=O) groups is 1. The molecule has 1 aliphatic rings. The van der Waals surface area contributed by atoms with E-state index in [4.69, 9.17) is 4.74 Å². The van der Waals surface area contributed by atoms with Crippen molar-refractivity contribution in [3.8, 4) is 17.0 Å². The molecule has 1 saturated heterocycles. The highest BCUT2D eigenvalue weighted by Crippen LogP contribution is 2.32. The van der Waals surface area contributed by atoms with Gasteiger partial charge in [-0.1, -0.05) is 12.1 Å². The van der Waals surface area contributed by atoms with Gasteiger partial charge in [0.1, 0.15) is 17.8 Å². The third-order valence-electron chi connectivity index (χ3n) is 4.73. The lowest BCUT2D eigenvalue weighted by Crippen LogP contribution is -2.32. The van der Waals surface area contributed by atoms with Crippen LogP contribution in [0.3, 0.4) is 0 Å². The number of ether oxygens (including phenoxy) is 1. The molecule has 1 aromatic carbocycles. The molecule has 1 N–H and O–H groups in total. The van der Waals surface area contributed by atoms with Gasteiger partial charge in [0, 0.05) is 19.2 Å². The SMILES string of the molecule is COc1cccc(-c2cc(C(=O)N3CCCC3c3nncn3C)[nH]n2)c1. The first-order valence-corrected chi connectivity index (χ1v) is 8.52. The number of H-pyrrole nitrogens is 1. The average Bonchev–Trinajstić information content (AvgIpc) is 3.41. The van der Waals surface area contributed by atoms with Gasteiger partial charge in [-0.05, 0) is 31.0 Å². The lowest BCUT2D eigenvalue weighted by molar-refractivity contribution is 0.0722. The summed E-state index contributed by atoms with van der Waals surface area (Å²) in [6, 6.07) is 9.32. The summed E-state index contributed by atoms with van der Waals surface area (Å²) in [7, 11) is 3.52. The van der Waals surface area contributed by atoms with E-state index in [0.717, 1.165) is 30.0 Å². The van der Waals surface area contributed by atoms with Gasteiger partial charge in [-0.15, -0.1) is 10.2 Å². The summed E-state index contributed by atoms with van der Waals surface area (Å²) in [6.07, 6.45) is 3.49. The van der Waals surface area contributed by atoms with Gasteiger partial charge in [-0.25, -0.2) is 0 Å². The molecule has 0 bridgehead atoms. The molecule has 26 heavy (non-hydrogen) atoms. The molecule has 2 aromatic heterocycles. The number of likely N-dealkylation sites (tertiary alicyclic amines) is 1. The summed E-state index contributed by atoms with van der Waals surface area (Å²) in [5, 5.41) is 15.3. The number of carbonyl (C=O) groups excluding carboxylic acids is 1. The van der Waals surface area contributed by atoms with Gasteiger partial charge < -0.3 is 14.2 Å². The van der Waals surface area contributed by atoms with Crippen LogP contribution in [0.5, 0.6) is 5.75 Å². The number of aromatic amines is 1. The fourth-order valence-corrected chi connectivity index (χ4v) is 3.39. The largest absolute Gasteiger partial charge is 0.497 e. The molecule has 1 fully saturated rings. The van der Waals surface area contributed by atoms with Crippen molar-refractivity contribution in [2.75, 3.05) is 13.7 Å². The van der Waals surface area contributed by atoms with Crippen molar-refractivity contribution in [1.82, 2.24) is 29.9 Å². The predicted octanol–water partition coefficient (Wildman–Crippen LogP) is 2.19. The van der Waals surface area contributed by atoms with E-state index in [1.54, 1.807) is 19.5 Å². The van der Waals surface area contributed by atoms with Gasteiger partial charge >= 0.3 is 0 Å². The fraction of sp³-hybridized carbons (Fsp3) is 0.333. The van der Waals surface area contributed by atoms with Crippen LogP contribution in [0.25, 0.3) is 11.3 Å². The van der Waals surface area contributed by atoms with E-state index in [-0.39, 0.29) is 11.9 Å². The van der Waals surface area contributed by atoms with Crippen LogP contribution in [0.1, 0.15) is 35.2 Å². The molecule has 8 heteroatoms. The summed E-state index contributed by atoms with van der Waals surface area (Å²) in [6.45, 7) is 0.698. The van der Waals surface area contributed by atoms with E-state index >= 15 is 0 Å². The van der Waals surface area contributed by atoms with Crippen LogP contribution in [-0.2, 0) is 7.05 Å². The quantitative estimate of drug-likeness (QED) is 0.777. The summed E-state index contributed by atoms with van der Waals surface area (Å²) < 4.78 is 7.12. The Morgan fingerprint density at radius 3 is 3.00 bits per heavy atom. The maximum absolute atomic E-state index is 13.0. The van der Waals surface area contributed by atoms with Crippen LogP contribution >= 0.6 is 0 Å². The predicted molar refractivity (Wildman–Crippen MR) is 94.6 cm³/mol. The van der Waals surface area contributed by atoms with Gasteiger partial charge in [0.15, 0.2) is 5.82 Å². The maximum Gasteiger partial charge on any atom is 0.272 e. The zero-order chi connectivity index (χ0) is 18.1. The summed E-state index contributed by atoms with van der Waals surface area (Å²) in [4.78, 5) is 14.8. The van der Waals surface area contributed by atoms with Crippen molar-refractivity contribution in [1.29, 1.82) is 0 Å². The van der Waals surface area contributed by atoms with Gasteiger partial charge in [-0.3, -0.25) is 9.89 Å². The third kappa shape index (κ3) is 2.83. The van der Waals surface area contributed by atoms with E-state index in [2.05, 4.69) is 20.4 Å². The molecule has 1 amide bonds. The van der Waals surface area contributed by atoms with Crippen molar-refractivity contribution >= 4 is 5.91 Å². The van der Waals surface area contributed by atoms with Crippen LogP contribution < -0.4 is 4.74 Å². The first-order valence-electron chi connectivity index (χ1n) is 8.52. The fourth-order valence-electron chi connectivity index (χ4n) is 3.39. The zero-order valence-corrected chi connectivity index (χ0v) is 14.7. The normalized spacial score (nSPS) is 16.8. The van der Waals surface area contributed by atoms with Crippen LogP contribution in [-0.4, -0.2) is 49.4 Å². The molecule has 1 atom stereocenters. The number of methoxy groups -OCH3 is 1. The maximum atomic E-state index is 13.0. The summed E-state index contributed by atoms with van der Waals surface area (Å²) in [5.74, 6) is 1.49. The van der Waals surface area contributed by atoms with Gasteiger partial charge in [0.25, 0.3) is 5.91 Å².